The van der Waals surface area contributed by atoms with Crippen molar-refractivity contribution in [3.05, 3.63) is 46.6 Å². The highest BCUT2D eigenvalue weighted by Crippen LogP contribution is 2.34. The second-order valence-electron chi connectivity index (χ2n) is 9.57. The number of aromatic nitrogens is 3. The molecule has 0 bridgehead atoms. The van der Waals surface area contributed by atoms with Crippen LogP contribution < -0.4 is 16.0 Å². The molecule has 5 N–H and O–H groups in total. The molecule has 12 nitrogen and oxygen atoms in total. The molecular weight excluding hydrogens is 555 g/mol. The third-order valence-corrected chi connectivity index (χ3v) is 7.34. The normalized spacial score (nSPS) is 15.4. The Hall–Kier alpha value is -4.18. The number of thiazole rings is 1. The van der Waals surface area contributed by atoms with Crippen molar-refractivity contribution < 1.29 is 37.8 Å². The molecule has 2 aliphatic heterocycles. The van der Waals surface area contributed by atoms with Crippen LogP contribution in [-0.4, -0.2) is 80.0 Å². The Labute approximate surface area is 229 Å². The first-order chi connectivity index (χ1) is 18.8. The Kier molecular flexibility index (Phi) is 8.02. The van der Waals surface area contributed by atoms with E-state index >= 15 is 0 Å². The number of phenols is 1. The van der Waals surface area contributed by atoms with E-state index in [-0.39, 0.29) is 24.1 Å². The standard InChI is InChI=1S/C22H25N7O3S.C2HF3O2/c1-13-3-4-15(30)14(2)19(13)26-20(32)16-7-24-21(33-16)25-17-5-6-29(27-17)8-18(31)28-11-22(12-28)9-23-10-22;3-2(4,5)1(6)7/h3-7,23,30H,8-12H2,1-2H3,(H,26,32)(H,24,25,27);(H,6,7). The van der Waals surface area contributed by atoms with Crippen molar-refractivity contribution in [3.63, 3.8) is 0 Å². The summed E-state index contributed by atoms with van der Waals surface area (Å²) >= 11 is 1.19. The Bertz CT molecular complexity index is 1430. The molecule has 0 atom stereocenters. The summed E-state index contributed by atoms with van der Waals surface area (Å²) in [4.78, 5) is 40.6. The lowest BCUT2D eigenvalue weighted by Crippen LogP contribution is -2.72. The van der Waals surface area contributed by atoms with Crippen LogP contribution in [0.25, 0.3) is 0 Å². The van der Waals surface area contributed by atoms with Gasteiger partial charge in [-0.2, -0.15) is 18.3 Å². The number of rotatable bonds is 6. The fourth-order valence-electron chi connectivity index (χ4n) is 4.15. The number of phenolic OH excluding ortho intramolecular Hbond substituents is 1. The number of carbonyl (C=O) groups excluding carboxylic acids is 2. The number of anilines is 3. The van der Waals surface area contributed by atoms with Crippen LogP contribution in [0.15, 0.2) is 30.6 Å². The molecule has 40 heavy (non-hydrogen) atoms. The lowest BCUT2D eigenvalue weighted by atomic mass is 9.74. The van der Waals surface area contributed by atoms with Gasteiger partial charge in [-0.3, -0.25) is 14.3 Å². The molecule has 0 radical (unpaired) electrons. The average molecular weight is 582 g/mol. The molecular formula is C24H26F3N7O5S. The van der Waals surface area contributed by atoms with Crippen molar-refractivity contribution in [2.75, 3.05) is 36.8 Å². The minimum Gasteiger partial charge on any atom is -0.508 e. The summed E-state index contributed by atoms with van der Waals surface area (Å²) in [7, 11) is 0. The molecule has 3 aromatic rings. The first kappa shape index (κ1) is 28.8. The molecule has 214 valence electrons. The van der Waals surface area contributed by atoms with Crippen molar-refractivity contribution in [2.45, 2.75) is 26.6 Å². The largest absolute Gasteiger partial charge is 0.508 e. The Morgan fingerprint density at radius 3 is 2.45 bits per heavy atom. The topological polar surface area (TPSA) is 162 Å². The maximum atomic E-state index is 12.7. The number of hydrogen-bond acceptors (Lipinski definition) is 9. The lowest BCUT2D eigenvalue weighted by Gasteiger charge is -2.56. The van der Waals surface area contributed by atoms with Crippen molar-refractivity contribution >= 4 is 45.8 Å². The van der Waals surface area contributed by atoms with Crippen LogP contribution in [-0.2, 0) is 16.1 Å². The number of aliphatic carboxylic acids is 1. The number of hydrogen-bond donors (Lipinski definition) is 5. The number of carbonyl (C=O) groups is 3. The van der Waals surface area contributed by atoms with E-state index in [1.807, 2.05) is 11.8 Å². The number of aryl methyl sites for hydroxylation is 1. The summed E-state index contributed by atoms with van der Waals surface area (Å²) in [5.41, 5.74) is 2.37. The maximum Gasteiger partial charge on any atom is 0.490 e. The molecule has 2 amide bonds. The molecule has 0 saturated carbocycles. The summed E-state index contributed by atoms with van der Waals surface area (Å²) in [6, 6.07) is 5.12. The minimum atomic E-state index is -5.08. The van der Waals surface area contributed by atoms with Crippen molar-refractivity contribution in [1.82, 2.24) is 25.0 Å². The molecule has 4 heterocycles. The number of aromatic hydroxyl groups is 1. The highest BCUT2D eigenvalue weighted by Gasteiger charge is 2.49. The second-order valence-corrected chi connectivity index (χ2v) is 10.6. The van der Waals surface area contributed by atoms with Crippen LogP contribution in [0.3, 0.4) is 0 Å². The van der Waals surface area contributed by atoms with Crippen LogP contribution >= 0.6 is 11.3 Å². The van der Waals surface area contributed by atoms with Gasteiger partial charge in [0.25, 0.3) is 5.91 Å². The quantitative estimate of drug-likeness (QED) is 0.295. The van der Waals surface area contributed by atoms with Gasteiger partial charge in [-0.25, -0.2) is 9.78 Å². The molecule has 2 saturated heterocycles. The first-order valence-electron chi connectivity index (χ1n) is 11.9. The number of alkyl halides is 3. The third kappa shape index (κ3) is 6.51. The van der Waals surface area contributed by atoms with E-state index in [1.54, 1.807) is 36.0 Å². The van der Waals surface area contributed by atoms with Crippen molar-refractivity contribution in [1.29, 1.82) is 0 Å². The van der Waals surface area contributed by atoms with Gasteiger partial charge >= 0.3 is 12.1 Å². The first-order valence-corrected chi connectivity index (χ1v) is 12.7. The number of carboxylic acids is 1. The van der Waals surface area contributed by atoms with Gasteiger partial charge in [-0.1, -0.05) is 17.4 Å². The number of nitrogens with one attached hydrogen (secondary N) is 3. The molecule has 1 aromatic carbocycles. The van der Waals surface area contributed by atoms with Gasteiger partial charge in [-0.05, 0) is 25.5 Å². The van der Waals surface area contributed by atoms with Gasteiger partial charge in [0.05, 0.1) is 11.9 Å². The SMILES string of the molecule is Cc1ccc(O)c(C)c1NC(=O)c1cnc(Nc2ccn(CC(=O)N3CC4(CNC4)C3)n2)s1.O=C(O)C(F)(F)F. The number of benzene rings is 1. The lowest BCUT2D eigenvalue weighted by molar-refractivity contribution is -0.192. The number of carboxylic acid groups (broad SMARTS) is 1. The fraction of sp³-hybridized carbons (Fsp3) is 0.375. The maximum absolute atomic E-state index is 12.7. The van der Waals surface area contributed by atoms with Gasteiger partial charge in [0.2, 0.25) is 5.91 Å². The van der Waals surface area contributed by atoms with Crippen LogP contribution in [0.4, 0.5) is 29.8 Å². The van der Waals surface area contributed by atoms with Gasteiger partial charge in [-0.15, -0.1) is 0 Å². The highest BCUT2D eigenvalue weighted by molar-refractivity contribution is 7.17. The number of likely N-dealkylation sites (tertiary alicyclic amines) is 1. The zero-order valence-electron chi connectivity index (χ0n) is 21.4. The zero-order valence-corrected chi connectivity index (χ0v) is 22.2. The fourth-order valence-corrected chi connectivity index (χ4v) is 4.87. The Morgan fingerprint density at radius 2 is 1.85 bits per heavy atom. The molecule has 2 aromatic heterocycles. The third-order valence-electron chi connectivity index (χ3n) is 6.43. The molecule has 1 spiro atoms. The summed E-state index contributed by atoms with van der Waals surface area (Å²) in [5, 5.41) is 31.1. The summed E-state index contributed by atoms with van der Waals surface area (Å²) in [5.74, 6) is -2.32. The Morgan fingerprint density at radius 1 is 1.18 bits per heavy atom. The number of amides is 2. The predicted molar refractivity (Wildman–Crippen MR) is 139 cm³/mol. The average Bonchev–Trinajstić information content (AvgIpc) is 3.47. The molecule has 2 aliphatic rings. The van der Waals surface area contributed by atoms with E-state index in [0.29, 0.717) is 32.5 Å². The van der Waals surface area contributed by atoms with Crippen LogP contribution in [0.1, 0.15) is 20.8 Å². The molecule has 2 fully saturated rings. The van der Waals surface area contributed by atoms with Gasteiger partial charge in [0.1, 0.15) is 17.2 Å². The van der Waals surface area contributed by atoms with E-state index < -0.39 is 12.1 Å². The summed E-state index contributed by atoms with van der Waals surface area (Å²) < 4.78 is 33.3. The van der Waals surface area contributed by atoms with Gasteiger partial charge in [0.15, 0.2) is 10.9 Å². The summed E-state index contributed by atoms with van der Waals surface area (Å²) in [6.07, 6.45) is -1.85. The second kappa shape index (κ2) is 11.1. The number of nitrogens with zero attached hydrogens (tertiary/aromatic N) is 4. The van der Waals surface area contributed by atoms with E-state index in [2.05, 4.69) is 26.0 Å². The predicted octanol–water partition coefficient (Wildman–Crippen LogP) is 2.72. The van der Waals surface area contributed by atoms with Crippen LogP contribution in [0, 0.1) is 19.3 Å². The highest BCUT2D eigenvalue weighted by atomic mass is 32.1. The van der Waals surface area contributed by atoms with Crippen molar-refractivity contribution in [3.8, 4) is 5.75 Å². The van der Waals surface area contributed by atoms with Crippen LogP contribution in [0.2, 0.25) is 0 Å². The van der Waals surface area contributed by atoms with E-state index in [1.165, 1.54) is 17.5 Å². The molecule has 16 heteroatoms. The number of halogens is 3. The van der Waals surface area contributed by atoms with E-state index in [0.717, 1.165) is 31.7 Å². The summed E-state index contributed by atoms with van der Waals surface area (Å²) in [6.45, 7) is 7.44. The molecule has 0 aliphatic carbocycles. The van der Waals surface area contributed by atoms with E-state index in [4.69, 9.17) is 9.90 Å². The molecule has 0 unspecified atom stereocenters. The van der Waals surface area contributed by atoms with Crippen molar-refractivity contribution in [2.24, 2.45) is 5.41 Å². The zero-order chi connectivity index (χ0) is 29.2. The van der Waals surface area contributed by atoms with Crippen LogP contribution in [0.5, 0.6) is 5.75 Å². The molecule has 5 rings (SSSR count). The monoisotopic (exact) mass is 581 g/mol. The van der Waals surface area contributed by atoms with Gasteiger partial charge in [0, 0.05) is 49.4 Å². The Balaban J connectivity index is 0.000000470. The smallest absolute Gasteiger partial charge is 0.490 e. The van der Waals surface area contributed by atoms with E-state index in [9.17, 15) is 27.9 Å². The minimum absolute atomic E-state index is 0.0629. The van der Waals surface area contributed by atoms with Gasteiger partial charge < -0.3 is 31.1 Å².